The van der Waals surface area contributed by atoms with E-state index in [1.165, 1.54) is 10.5 Å². The molecule has 2 aromatic carbocycles. The molecule has 6 nitrogen and oxygen atoms in total. The summed E-state index contributed by atoms with van der Waals surface area (Å²) < 4.78 is 16.7. The summed E-state index contributed by atoms with van der Waals surface area (Å²) in [6.45, 7) is 5.72. The van der Waals surface area contributed by atoms with Crippen LogP contribution in [0.4, 0.5) is 4.79 Å². The summed E-state index contributed by atoms with van der Waals surface area (Å²) in [5, 5.41) is -0.254. The molecule has 0 saturated carbocycles. The summed E-state index contributed by atoms with van der Waals surface area (Å²) in [5.74, 6) is 0.959. The van der Waals surface area contributed by atoms with Crippen LogP contribution >= 0.6 is 11.8 Å². The van der Waals surface area contributed by atoms with Gasteiger partial charge in [-0.2, -0.15) is 0 Å². The molecular formula is C24H27NO5S. The molecule has 0 unspecified atom stereocenters. The van der Waals surface area contributed by atoms with Gasteiger partial charge in [-0.05, 0) is 61.4 Å². The zero-order valence-corrected chi connectivity index (χ0v) is 18.9. The van der Waals surface area contributed by atoms with E-state index in [1.807, 2.05) is 50.2 Å². The van der Waals surface area contributed by atoms with Crippen molar-refractivity contribution < 1.29 is 23.8 Å². The van der Waals surface area contributed by atoms with Crippen molar-refractivity contribution in [3.8, 4) is 11.5 Å². The van der Waals surface area contributed by atoms with Crippen LogP contribution in [0, 0.1) is 6.92 Å². The van der Waals surface area contributed by atoms with E-state index in [1.54, 1.807) is 13.2 Å². The molecule has 0 atom stereocenters. The van der Waals surface area contributed by atoms with Gasteiger partial charge in [0.15, 0.2) is 11.5 Å². The summed E-state index contributed by atoms with van der Waals surface area (Å²) in [5.41, 5.74) is 3.03. The first-order chi connectivity index (χ1) is 15.0. The van der Waals surface area contributed by atoms with E-state index in [0.717, 1.165) is 22.9 Å². The summed E-state index contributed by atoms with van der Waals surface area (Å²) in [6, 6.07) is 13.7. The van der Waals surface area contributed by atoms with Crippen molar-refractivity contribution in [1.29, 1.82) is 0 Å². The molecule has 2 amide bonds. The number of nitrogens with zero attached hydrogens (tertiary/aromatic N) is 1. The summed E-state index contributed by atoms with van der Waals surface area (Å²) in [7, 11) is 1.60. The number of hydrogen-bond donors (Lipinski definition) is 0. The van der Waals surface area contributed by atoms with E-state index < -0.39 is 0 Å². The Morgan fingerprint density at radius 3 is 2.65 bits per heavy atom. The van der Waals surface area contributed by atoms with Gasteiger partial charge < -0.3 is 14.2 Å². The first kappa shape index (κ1) is 22.9. The van der Waals surface area contributed by atoms with Gasteiger partial charge in [0.1, 0.15) is 6.61 Å². The number of carbonyl (C=O) groups excluding carboxylic acids is 2. The van der Waals surface area contributed by atoms with Gasteiger partial charge in [-0.1, -0.05) is 35.9 Å². The second-order valence-corrected chi connectivity index (χ2v) is 8.09. The third-order valence-electron chi connectivity index (χ3n) is 4.65. The van der Waals surface area contributed by atoms with Crippen molar-refractivity contribution in [2.24, 2.45) is 0 Å². The van der Waals surface area contributed by atoms with E-state index in [-0.39, 0.29) is 11.1 Å². The molecule has 0 aliphatic carbocycles. The normalized spacial score (nSPS) is 15.1. The van der Waals surface area contributed by atoms with Crippen LogP contribution in [0.15, 0.2) is 47.4 Å². The van der Waals surface area contributed by atoms with Crippen LogP contribution in [0.5, 0.6) is 11.5 Å². The molecule has 0 aromatic heterocycles. The molecule has 1 heterocycles. The Morgan fingerprint density at radius 2 is 1.90 bits per heavy atom. The Labute approximate surface area is 187 Å². The fourth-order valence-electron chi connectivity index (χ4n) is 3.18. The highest BCUT2D eigenvalue weighted by Crippen LogP contribution is 2.35. The summed E-state index contributed by atoms with van der Waals surface area (Å²) in [4.78, 5) is 26.5. The van der Waals surface area contributed by atoms with Crippen molar-refractivity contribution >= 4 is 29.0 Å². The van der Waals surface area contributed by atoms with Crippen LogP contribution in [0.3, 0.4) is 0 Å². The van der Waals surface area contributed by atoms with E-state index in [9.17, 15) is 9.59 Å². The van der Waals surface area contributed by atoms with Crippen LogP contribution in [-0.4, -0.2) is 42.9 Å². The van der Waals surface area contributed by atoms with Gasteiger partial charge in [-0.25, -0.2) is 0 Å². The molecule has 3 rings (SSSR count). The number of hydrogen-bond acceptors (Lipinski definition) is 6. The van der Waals surface area contributed by atoms with E-state index >= 15 is 0 Å². The Morgan fingerprint density at radius 1 is 1.06 bits per heavy atom. The lowest BCUT2D eigenvalue weighted by molar-refractivity contribution is -0.122. The zero-order valence-electron chi connectivity index (χ0n) is 18.1. The number of carbonyl (C=O) groups is 2. The predicted molar refractivity (Wildman–Crippen MR) is 122 cm³/mol. The summed E-state index contributed by atoms with van der Waals surface area (Å²) >= 11 is 0.953. The molecular weight excluding hydrogens is 414 g/mol. The number of amides is 2. The molecule has 164 valence electrons. The smallest absolute Gasteiger partial charge is 0.293 e. The molecule has 0 spiro atoms. The largest absolute Gasteiger partial charge is 0.490 e. The number of thioether (sulfide) groups is 1. The maximum Gasteiger partial charge on any atom is 0.293 e. The fourth-order valence-corrected chi connectivity index (χ4v) is 4.04. The molecule has 1 aliphatic rings. The minimum Gasteiger partial charge on any atom is -0.490 e. The lowest BCUT2D eigenvalue weighted by Crippen LogP contribution is -2.29. The van der Waals surface area contributed by atoms with E-state index in [4.69, 9.17) is 14.2 Å². The number of aryl methyl sites for hydroxylation is 1. The Balaban J connectivity index is 1.74. The maximum absolute atomic E-state index is 12.6. The van der Waals surface area contributed by atoms with Gasteiger partial charge in [0.05, 0.1) is 11.5 Å². The molecule has 0 radical (unpaired) electrons. The van der Waals surface area contributed by atoms with Gasteiger partial charge in [-0.15, -0.1) is 0 Å². The Bertz CT molecular complexity index is 972. The van der Waals surface area contributed by atoms with Crippen LogP contribution in [0.2, 0.25) is 0 Å². The molecule has 7 heteroatoms. The molecule has 1 fully saturated rings. The van der Waals surface area contributed by atoms with Crippen LogP contribution < -0.4 is 9.47 Å². The minimum absolute atomic E-state index is 0.254. The second kappa shape index (κ2) is 11.0. The van der Waals surface area contributed by atoms with Gasteiger partial charge in [0.25, 0.3) is 11.1 Å². The lowest BCUT2D eigenvalue weighted by Gasteiger charge is -2.13. The quantitative estimate of drug-likeness (QED) is 0.380. The Hall–Kier alpha value is -2.77. The monoisotopic (exact) mass is 441 g/mol. The van der Waals surface area contributed by atoms with Crippen LogP contribution in [0.1, 0.15) is 30.0 Å². The van der Waals surface area contributed by atoms with Crippen molar-refractivity contribution in [3.63, 3.8) is 0 Å². The maximum atomic E-state index is 12.6. The molecule has 1 saturated heterocycles. The number of rotatable bonds is 10. The predicted octanol–water partition coefficient (Wildman–Crippen LogP) is 5.05. The van der Waals surface area contributed by atoms with Gasteiger partial charge in [0.2, 0.25) is 0 Å². The highest BCUT2D eigenvalue weighted by Gasteiger charge is 2.34. The van der Waals surface area contributed by atoms with Gasteiger partial charge in [-0.3, -0.25) is 14.5 Å². The van der Waals surface area contributed by atoms with Crippen LogP contribution in [0.25, 0.3) is 6.08 Å². The third-order valence-corrected chi connectivity index (χ3v) is 5.55. The first-order valence-electron chi connectivity index (χ1n) is 10.2. The third kappa shape index (κ3) is 6.12. The fraction of sp³-hybridized carbons (Fsp3) is 0.333. The highest BCUT2D eigenvalue weighted by molar-refractivity contribution is 8.18. The average molecular weight is 442 g/mol. The second-order valence-electron chi connectivity index (χ2n) is 7.10. The highest BCUT2D eigenvalue weighted by atomic mass is 32.2. The molecule has 2 aromatic rings. The molecule has 31 heavy (non-hydrogen) atoms. The van der Waals surface area contributed by atoms with E-state index in [0.29, 0.717) is 49.2 Å². The minimum atomic E-state index is -0.274. The topological polar surface area (TPSA) is 65.1 Å². The Kier molecular flexibility index (Phi) is 8.14. The van der Waals surface area contributed by atoms with Gasteiger partial charge in [0, 0.05) is 20.3 Å². The van der Waals surface area contributed by atoms with Crippen molar-refractivity contribution in [1.82, 2.24) is 4.90 Å². The molecule has 0 N–H and O–H groups in total. The standard InChI is InChI=1S/C24H27NO5S/c1-4-29-21-14-18(9-10-20(21)30-16-19-8-5-7-17(2)13-19)15-22-23(26)25(24(27)31-22)11-6-12-28-3/h5,7-10,13-15H,4,6,11-12,16H2,1-3H3/b22-15+. The summed E-state index contributed by atoms with van der Waals surface area (Å²) in [6.07, 6.45) is 2.33. The lowest BCUT2D eigenvalue weighted by atomic mass is 10.1. The average Bonchev–Trinajstić information content (AvgIpc) is 3.01. The SMILES string of the molecule is CCOc1cc(/C=C2/SC(=O)N(CCCOC)C2=O)ccc1OCc1cccc(C)c1. The van der Waals surface area contributed by atoms with Crippen molar-refractivity contribution in [2.45, 2.75) is 26.9 Å². The molecule has 1 aliphatic heterocycles. The number of methoxy groups -OCH3 is 1. The first-order valence-corrected chi connectivity index (χ1v) is 11.0. The van der Waals surface area contributed by atoms with Gasteiger partial charge >= 0.3 is 0 Å². The molecule has 0 bridgehead atoms. The van der Waals surface area contributed by atoms with Crippen LogP contribution in [-0.2, 0) is 16.1 Å². The number of ether oxygens (including phenoxy) is 3. The van der Waals surface area contributed by atoms with E-state index in [2.05, 4.69) is 6.07 Å². The number of imide groups is 1. The zero-order chi connectivity index (χ0) is 22.2. The van der Waals surface area contributed by atoms with Crippen molar-refractivity contribution in [2.75, 3.05) is 26.9 Å². The number of benzene rings is 2. The van der Waals surface area contributed by atoms with Crippen molar-refractivity contribution in [3.05, 3.63) is 64.1 Å².